The molecule has 0 spiro atoms. The quantitative estimate of drug-likeness (QED) is 0.196. The third kappa shape index (κ3) is 8.02. The summed E-state index contributed by atoms with van der Waals surface area (Å²) in [6.07, 6.45) is 5.27. The number of rotatable bonds is 11. The van der Waals surface area contributed by atoms with Crippen LogP contribution in [0, 0.1) is 0 Å². The highest BCUT2D eigenvalue weighted by molar-refractivity contribution is 5.99. The molecular formula is C35H38N8O8. The largest absolute Gasteiger partial charge is 0.347 e. The molecule has 0 aliphatic carbocycles. The number of hydroxylamine groups is 4. The average Bonchev–Trinajstić information content (AvgIpc) is 3.54. The minimum absolute atomic E-state index is 0.0644. The van der Waals surface area contributed by atoms with Gasteiger partial charge in [0.2, 0.25) is 11.8 Å². The van der Waals surface area contributed by atoms with E-state index in [9.17, 15) is 34.0 Å². The molecule has 3 N–H and O–H groups in total. The molecule has 0 saturated carbocycles. The Morgan fingerprint density at radius 2 is 1.20 bits per heavy atom. The minimum Gasteiger partial charge on any atom is -0.347 e. The molecular weight excluding hydrogens is 660 g/mol. The maximum atomic E-state index is 12.8. The van der Waals surface area contributed by atoms with Crippen LogP contribution in [0.2, 0.25) is 0 Å². The number of nitrogens with one attached hydrogen (secondary N) is 2. The first-order chi connectivity index (χ1) is 24.7. The van der Waals surface area contributed by atoms with Gasteiger partial charge < -0.3 is 20.4 Å². The number of urea groups is 2. The molecule has 16 nitrogen and oxygen atoms in total. The fourth-order valence-electron chi connectivity index (χ4n) is 6.52. The third-order valence-corrected chi connectivity index (χ3v) is 9.23. The first kappa shape index (κ1) is 35.1. The number of carbonyl (C=O) groups excluding carboxylic acids is 6. The zero-order valence-electron chi connectivity index (χ0n) is 27.7. The van der Waals surface area contributed by atoms with Gasteiger partial charge in [0.15, 0.2) is 11.6 Å². The average molecular weight is 699 g/mol. The molecule has 1 aromatic carbocycles. The Labute approximate surface area is 293 Å². The number of hydrogen-bond acceptors (Lipinski definition) is 10. The van der Waals surface area contributed by atoms with Crippen LogP contribution in [0.25, 0.3) is 0 Å². The Bertz CT molecular complexity index is 1750. The summed E-state index contributed by atoms with van der Waals surface area (Å²) in [6, 6.07) is 17.2. The molecule has 4 aliphatic heterocycles. The monoisotopic (exact) mass is 698 g/mol. The van der Waals surface area contributed by atoms with E-state index in [-0.39, 0.29) is 60.3 Å². The van der Waals surface area contributed by atoms with Crippen molar-refractivity contribution in [1.29, 1.82) is 0 Å². The van der Waals surface area contributed by atoms with Crippen molar-refractivity contribution >= 4 is 35.4 Å². The van der Waals surface area contributed by atoms with E-state index in [1.807, 2.05) is 30.3 Å². The van der Waals surface area contributed by atoms with Crippen LogP contribution in [0.5, 0.6) is 0 Å². The lowest BCUT2D eigenvalue weighted by Gasteiger charge is -2.29. The van der Waals surface area contributed by atoms with E-state index in [0.29, 0.717) is 56.1 Å². The number of ketones is 2. The summed E-state index contributed by atoms with van der Waals surface area (Å²) in [5, 5.41) is 16.8. The summed E-state index contributed by atoms with van der Waals surface area (Å²) in [6.45, 7) is 0.764. The van der Waals surface area contributed by atoms with E-state index in [1.165, 1.54) is 27.3 Å². The van der Waals surface area contributed by atoms with Crippen LogP contribution < -0.4 is 10.6 Å². The van der Waals surface area contributed by atoms with Gasteiger partial charge in [0.05, 0.1) is 25.2 Å². The van der Waals surface area contributed by atoms with Gasteiger partial charge in [0.1, 0.15) is 30.1 Å². The first-order valence-electron chi connectivity index (χ1n) is 16.7. The lowest BCUT2D eigenvalue weighted by Crippen LogP contribution is -2.50. The van der Waals surface area contributed by atoms with E-state index in [2.05, 4.69) is 20.6 Å². The molecule has 6 heterocycles. The van der Waals surface area contributed by atoms with Crippen LogP contribution in [-0.4, -0.2) is 121 Å². The molecule has 4 bridgehead atoms. The van der Waals surface area contributed by atoms with Gasteiger partial charge in [-0.2, -0.15) is 5.06 Å². The number of pyridine rings is 2. The molecule has 2 aromatic heterocycles. The second-order valence-electron chi connectivity index (χ2n) is 12.5. The Morgan fingerprint density at radius 3 is 1.75 bits per heavy atom. The third-order valence-electron chi connectivity index (χ3n) is 9.23. The zero-order chi connectivity index (χ0) is 35.9. The van der Waals surface area contributed by atoms with Crippen LogP contribution >= 0.6 is 0 Å². The first-order valence-corrected chi connectivity index (χ1v) is 16.7. The zero-order valence-corrected chi connectivity index (χ0v) is 27.7. The number of Topliss-reactive ketones (excluding diaryl/α,β-unsaturated/α-hetero) is 2. The van der Waals surface area contributed by atoms with Crippen LogP contribution in [0.1, 0.15) is 52.2 Å². The Morgan fingerprint density at radius 1 is 0.686 bits per heavy atom. The highest BCUT2D eigenvalue weighted by Gasteiger charge is 2.48. The summed E-state index contributed by atoms with van der Waals surface area (Å²) in [7, 11) is 0. The standard InChI is InChI=1S/C21H22N4O4.C14H16N4O4/c26-19(17-8-4-5-11-22-17)12-23-20(27)18-10-9-16-13-24(18)21(28)25(16)29-14-15-6-2-1-3-7-15;19-12(10-3-1-2-6-15-10)7-16-13(20)11-5-4-9-8-17(11)14(21)18(9)22/h1-8,11,16,18H,9-10,12-14H2,(H,23,27);1-3,6,9,11,22H,4-5,7-8H2,(H,16,20)/t16-,18+;9-,11+/m11/s1. The number of aromatic nitrogens is 2. The molecule has 4 fully saturated rings. The summed E-state index contributed by atoms with van der Waals surface area (Å²) >= 11 is 0. The fraction of sp³-hybridized carbons (Fsp3) is 0.371. The van der Waals surface area contributed by atoms with Crippen molar-refractivity contribution in [3.8, 4) is 0 Å². The molecule has 4 saturated heterocycles. The molecule has 51 heavy (non-hydrogen) atoms. The van der Waals surface area contributed by atoms with Gasteiger partial charge in [0.25, 0.3) is 0 Å². The van der Waals surface area contributed by atoms with Gasteiger partial charge in [0, 0.05) is 25.5 Å². The second-order valence-corrected chi connectivity index (χ2v) is 12.5. The van der Waals surface area contributed by atoms with Gasteiger partial charge in [-0.15, -0.1) is 0 Å². The van der Waals surface area contributed by atoms with Crippen LogP contribution in [-0.2, 0) is 21.0 Å². The fourth-order valence-corrected chi connectivity index (χ4v) is 6.52. The summed E-state index contributed by atoms with van der Waals surface area (Å²) < 4.78 is 0. The van der Waals surface area contributed by atoms with E-state index in [0.717, 1.165) is 5.56 Å². The number of piperidine rings is 2. The van der Waals surface area contributed by atoms with E-state index >= 15 is 0 Å². The highest BCUT2D eigenvalue weighted by atomic mass is 16.7. The van der Waals surface area contributed by atoms with Gasteiger partial charge in [-0.1, -0.05) is 42.5 Å². The van der Waals surface area contributed by atoms with Gasteiger partial charge in [-0.3, -0.25) is 39.2 Å². The summed E-state index contributed by atoms with van der Waals surface area (Å²) in [5.41, 5.74) is 1.55. The molecule has 4 aliphatic rings. The van der Waals surface area contributed by atoms with Gasteiger partial charge in [-0.25, -0.2) is 14.7 Å². The molecule has 16 heteroatoms. The molecule has 6 amide bonds. The van der Waals surface area contributed by atoms with Crippen LogP contribution in [0.15, 0.2) is 79.1 Å². The number of hydrogen-bond donors (Lipinski definition) is 3. The van der Waals surface area contributed by atoms with Crippen molar-refractivity contribution in [1.82, 2.24) is 40.5 Å². The predicted molar refractivity (Wildman–Crippen MR) is 178 cm³/mol. The van der Waals surface area contributed by atoms with Crippen molar-refractivity contribution in [3.63, 3.8) is 0 Å². The van der Waals surface area contributed by atoms with Crippen molar-refractivity contribution in [2.75, 3.05) is 26.2 Å². The lowest BCUT2D eigenvalue weighted by atomic mass is 10.0. The number of amides is 6. The highest BCUT2D eigenvalue weighted by Crippen LogP contribution is 2.31. The Kier molecular flexibility index (Phi) is 10.9. The molecule has 266 valence electrons. The number of fused-ring (bicyclic) bond motifs is 4. The number of benzene rings is 1. The predicted octanol–water partition coefficient (Wildman–Crippen LogP) is 1.82. The van der Waals surface area contributed by atoms with Crippen LogP contribution in [0.4, 0.5) is 9.59 Å². The number of carbonyl (C=O) groups is 6. The Balaban J connectivity index is 0.000000183. The SMILES string of the molecule is O=C(CNC(=O)[C@@H]1CC[C@@H]2CN1C(=O)N2O)c1ccccn1.O=C(CNC(=O)[C@@H]1CC[C@@H]2CN1C(=O)N2OCc1ccccc1)c1ccccn1. The number of nitrogens with zero attached hydrogens (tertiary/aromatic N) is 6. The molecule has 0 radical (unpaired) electrons. The molecule has 4 atom stereocenters. The molecule has 0 unspecified atom stereocenters. The van der Waals surface area contributed by atoms with Crippen molar-refractivity contribution < 1.29 is 38.8 Å². The van der Waals surface area contributed by atoms with Crippen molar-refractivity contribution in [2.45, 2.75) is 56.5 Å². The van der Waals surface area contributed by atoms with E-state index in [4.69, 9.17) is 4.84 Å². The van der Waals surface area contributed by atoms with Gasteiger partial charge >= 0.3 is 12.1 Å². The topological polar surface area (TPSA) is 195 Å². The summed E-state index contributed by atoms with van der Waals surface area (Å²) in [4.78, 5) is 89.9. The summed E-state index contributed by atoms with van der Waals surface area (Å²) in [5.74, 6) is -1.27. The maximum Gasteiger partial charge on any atom is 0.345 e. The lowest BCUT2D eigenvalue weighted by molar-refractivity contribution is -0.140. The van der Waals surface area contributed by atoms with E-state index in [1.54, 1.807) is 36.4 Å². The normalized spacial score (nSPS) is 21.9. The van der Waals surface area contributed by atoms with Crippen molar-refractivity contribution in [2.24, 2.45) is 0 Å². The maximum absolute atomic E-state index is 12.8. The molecule has 3 aromatic rings. The van der Waals surface area contributed by atoms with Crippen LogP contribution in [0.3, 0.4) is 0 Å². The van der Waals surface area contributed by atoms with Gasteiger partial charge in [-0.05, 0) is 55.5 Å². The Hall–Kier alpha value is -5.74. The van der Waals surface area contributed by atoms with Crippen molar-refractivity contribution in [3.05, 3.63) is 96.1 Å². The molecule has 7 rings (SSSR count). The second kappa shape index (κ2) is 15.9. The smallest absolute Gasteiger partial charge is 0.345 e. The van der Waals surface area contributed by atoms with E-state index < -0.39 is 18.1 Å². The minimum atomic E-state index is -0.641.